The predicted octanol–water partition coefficient (Wildman–Crippen LogP) is 0.799. The Kier molecular flexibility index (Phi) is 5.11. The summed E-state index contributed by atoms with van der Waals surface area (Å²) in [4.78, 5) is 6.65. The maximum Gasteiger partial charge on any atom is 0.194 e. The highest BCUT2D eigenvalue weighted by Crippen LogP contribution is 2.18. The second kappa shape index (κ2) is 5.89. The highest BCUT2D eigenvalue weighted by molar-refractivity contribution is 14.0. The first-order chi connectivity index (χ1) is 6.85. The number of aliphatic hydroxyl groups is 1. The molecule has 0 aromatic heterocycles. The average Bonchev–Trinajstić information content (AvgIpc) is 2.53. The molecule has 2 N–H and O–H groups in total. The fourth-order valence-corrected chi connectivity index (χ4v) is 2.07. The smallest absolute Gasteiger partial charge is 0.194 e. The van der Waals surface area contributed by atoms with Crippen LogP contribution < -0.4 is 5.32 Å². The van der Waals surface area contributed by atoms with Crippen LogP contribution in [0.3, 0.4) is 0 Å². The molecule has 15 heavy (non-hydrogen) atoms. The number of guanidine groups is 1. The molecule has 88 valence electrons. The van der Waals surface area contributed by atoms with E-state index in [-0.39, 0.29) is 30.6 Å². The zero-order valence-electron chi connectivity index (χ0n) is 9.15. The zero-order valence-corrected chi connectivity index (χ0v) is 11.5. The summed E-state index contributed by atoms with van der Waals surface area (Å²) in [7, 11) is 0. The van der Waals surface area contributed by atoms with Crippen molar-refractivity contribution < 1.29 is 5.11 Å². The maximum absolute atomic E-state index is 9.06. The predicted molar refractivity (Wildman–Crippen MR) is 71.7 cm³/mol. The van der Waals surface area contributed by atoms with Crippen molar-refractivity contribution in [3.8, 4) is 0 Å². The van der Waals surface area contributed by atoms with Gasteiger partial charge in [-0.05, 0) is 12.8 Å². The zero-order chi connectivity index (χ0) is 9.97. The Bertz CT molecular complexity index is 233. The summed E-state index contributed by atoms with van der Waals surface area (Å²) >= 11 is 0. The largest absolute Gasteiger partial charge is 0.394 e. The number of aliphatic imine (C=N–C) groups is 1. The standard InChI is InChI=1S/C10H19N3O.HI/c1-2-3-8-6-11-10(12-8)13-5-4-9(13)7-14;/h8-9,14H,2-7H2,1H3,(H,11,12);1H. The van der Waals surface area contributed by atoms with E-state index in [0.29, 0.717) is 12.1 Å². The van der Waals surface area contributed by atoms with Crippen LogP contribution in [0.4, 0.5) is 0 Å². The highest BCUT2D eigenvalue weighted by atomic mass is 127. The molecule has 0 saturated carbocycles. The number of rotatable bonds is 3. The number of halogens is 1. The molecule has 2 aliphatic rings. The summed E-state index contributed by atoms with van der Waals surface area (Å²) < 4.78 is 0. The summed E-state index contributed by atoms with van der Waals surface area (Å²) in [5.74, 6) is 1.01. The molecule has 0 aliphatic carbocycles. The van der Waals surface area contributed by atoms with Gasteiger partial charge in [0.25, 0.3) is 0 Å². The number of likely N-dealkylation sites (tertiary alicyclic amines) is 1. The van der Waals surface area contributed by atoms with E-state index in [0.717, 1.165) is 25.5 Å². The Labute approximate surface area is 108 Å². The molecule has 0 aromatic carbocycles. The lowest BCUT2D eigenvalue weighted by Crippen LogP contribution is -2.56. The van der Waals surface area contributed by atoms with Crippen molar-refractivity contribution in [2.75, 3.05) is 19.7 Å². The molecule has 0 radical (unpaired) electrons. The van der Waals surface area contributed by atoms with E-state index >= 15 is 0 Å². The lowest BCUT2D eigenvalue weighted by Gasteiger charge is -2.41. The third kappa shape index (κ3) is 2.75. The van der Waals surface area contributed by atoms with Crippen molar-refractivity contribution in [3.63, 3.8) is 0 Å². The first-order valence-electron chi connectivity index (χ1n) is 5.53. The van der Waals surface area contributed by atoms with Gasteiger partial charge in [-0.2, -0.15) is 0 Å². The van der Waals surface area contributed by atoms with Gasteiger partial charge in [0.2, 0.25) is 0 Å². The van der Waals surface area contributed by atoms with Crippen LogP contribution >= 0.6 is 24.0 Å². The Morgan fingerprint density at radius 2 is 2.40 bits per heavy atom. The normalized spacial score (nSPS) is 28.9. The monoisotopic (exact) mass is 325 g/mol. The van der Waals surface area contributed by atoms with Gasteiger partial charge in [0, 0.05) is 12.6 Å². The summed E-state index contributed by atoms with van der Waals surface area (Å²) in [5, 5.41) is 12.5. The third-order valence-corrected chi connectivity index (χ3v) is 3.06. The molecule has 0 bridgehead atoms. The fourth-order valence-electron chi connectivity index (χ4n) is 2.07. The van der Waals surface area contributed by atoms with Gasteiger partial charge in [-0.1, -0.05) is 13.3 Å². The quantitative estimate of drug-likeness (QED) is 0.755. The van der Waals surface area contributed by atoms with Crippen LogP contribution in [0, 0.1) is 0 Å². The summed E-state index contributed by atoms with van der Waals surface area (Å²) in [6, 6.07) is 0.830. The number of aliphatic hydroxyl groups excluding tert-OH is 1. The van der Waals surface area contributed by atoms with Crippen molar-refractivity contribution in [2.45, 2.75) is 38.3 Å². The molecule has 4 nitrogen and oxygen atoms in total. The van der Waals surface area contributed by atoms with Crippen LogP contribution in [0.2, 0.25) is 0 Å². The van der Waals surface area contributed by atoms with E-state index in [1.165, 1.54) is 12.8 Å². The van der Waals surface area contributed by atoms with Gasteiger partial charge >= 0.3 is 0 Å². The molecule has 2 atom stereocenters. The molecular formula is C10H20IN3O. The minimum absolute atomic E-state index is 0. The molecule has 0 aromatic rings. The first-order valence-corrected chi connectivity index (χ1v) is 5.53. The van der Waals surface area contributed by atoms with E-state index < -0.39 is 0 Å². The lowest BCUT2D eigenvalue weighted by atomic mass is 10.1. The van der Waals surface area contributed by atoms with E-state index in [1.54, 1.807) is 0 Å². The summed E-state index contributed by atoms with van der Waals surface area (Å²) in [6.45, 7) is 4.38. The molecule has 1 saturated heterocycles. The lowest BCUT2D eigenvalue weighted by molar-refractivity contribution is 0.102. The van der Waals surface area contributed by atoms with Crippen molar-refractivity contribution in [1.29, 1.82) is 0 Å². The van der Waals surface area contributed by atoms with E-state index in [9.17, 15) is 0 Å². The Hall–Kier alpha value is -0.0400. The van der Waals surface area contributed by atoms with Crippen LogP contribution in [0.25, 0.3) is 0 Å². The van der Waals surface area contributed by atoms with Crippen LogP contribution in [0.15, 0.2) is 4.99 Å². The van der Waals surface area contributed by atoms with Crippen LogP contribution in [0.1, 0.15) is 26.2 Å². The molecule has 0 amide bonds. The molecule has 2 rings (SSSR count). The van der Waals surface area contributed by atoms with Crippen molar-refractivity contribution in [2.24, 2.45) is 4.99 Å². The van der Waals surface area contributed by atoms with E-state index in [1.807, 2.05) is 0 Å². The number of hydrogen-bond donors (Lipinski definition) is 2. The van der Waals surface area contributed by atoms with E-state index in [4.69, 9.17) is 5.11 Å². The molecular weight excluding hydrogens is 305 g/mol. The topological polar surface area (TPSA) is 47.9 Å². The van der Waals surface area contributed by atoms with Gasteiger partial charge in [0.05, 0.1) is 19.2 Å². The number of nitrogens with one attached hydrogen (secondary N) is 1. The molecule has 2 aliphatic heterocycles. The van der Waals surface area contributed by atoms with E-state index in [2.05, 4.69) is 22.1 Å². The Morgan fingerprint density at radius 3 is 2.93 bits per heavy atom. The summed E-state index contributed by atoms with van der Waals surface area (Å²) in [5.41, 5.74) is 0. The van der Waals surface area contributed by atoms with Gasteiger partial charge in [-0.3, -0.25) is 4.99 Å². The molecule has 5 heteroatoms. The van der Waals surface area contributed by atoms with Gasteiger partial charge in [0.15, 0.2) is 5.96 Å². The minimum atomic E-state index is 0. The maximum atomic E-state index is 9.06. The fraction of sp³-hybridized carbons (Fsp3) is 0.900. The van der Waals surface area contributed by atoms with Crippen LogP contribution in [-0.4, -0.2) is 47.7 Å². The van der Waals surface area contributed by atoms with Crippen molar-refractivity contribution >= 4 is 29.9 Å². The molecule has 0 spiro atoms. The SMILES string of the molecule is CCCC1CN=C(N2CCC2CO)N1.I. The Balaban J connectivity index is 0.00000112. The summed E-state index contributed by atoms with van der Waals surface area (Å²) in [6.07, 6.45) is 3.48. The van der Waals surface area contributed by atoms with Crippen LogP contribution in [0.5, 0.6) is 0 Å². The van der Waals surface area contributed by atoms with Gasteiger partial charge in [-0.25, -0.2) is 0 Å². The van der Waals surface area contributed by atoms with Gasteiger partial charge < -0.3 is 15.3 Å². The molecule has 2 heterocycles. The number of hydrogen-bond acceptors (Lipinski definition) is 4. The highest BCUT2D eigenvalue weighted by Gasteiger charge is 2.32. The minimum Gasteiger partial charge on any atom is -0.394 e. The second-order valence-corrected chi connectivity index (χ2v) is 4.11. The first kappa shape index (κ1) is 13.0. The van der Waals surface area contributed by atoms with Crippen molar-refractivity contribution in [1.82, 2.24) is 10.2 Å². The van der Waals surface area contributed by atoms with Gasteiger partial charge in [-0.15, -0.1) is 24.0 Å². The average molecular weight is 325 g/mol. The van der Waals surface area contributed by atoms with Crippen LogP contribution in [-0.2, 0) is 0 Å². The number of nitrogens with zero attached hydrogens (tertiary/aromatic N) is 2. The van der Waals surface area contributed by atoms with Gasteiger partial charge in [0.1, 0.15) is 0 Å². The van der Waals surface area contributed by atoms with Crippen molar-refractivity contribution in [3.05, 3.63) is 0 Å². The second-order valence-electron chi connectivity index (χ2n) is 4.11. The molecule has 2 unspecified atom stereocenters. The third-order valence-electron chi connectivity index (χ3n) is 3.06. The Morgan fingerprint density at radius 1 is 1.60 bits per heavy atom. The molecule has 1 fully saturated rings.